The summed E-state index contributed by atoms with van der Waals surface area (Å²) in [6, 6.07) is 12.9. The van der Waals surface area contributed by atoms with E-state index in [1.165, 1.54) is 0 Å². The van der Waals surface area contributed by atoms with Crippen LogP contribution >= 0.6 is 0 Å². The van der Waals surface area contributed by atoms with Gasteiger partial charge in [-0.15, -0.1) is 0 Å². The van der Waals surface area contributed by atoms with Crippen LogP contribution in [-0.2, 0) is 16.0 Å². The van der Waals surface area contributed by atoms with E-state index in [2.05, 4.69) is 5.32 Å². The van der Waals surface area contributed by atoms with Crippen LogP contribution in [0, 0.1) is 0 Å². The molecule has 20 heavy (non-hydrogen) atoms. The summed E-state index contributed by atoms with van der Waals surface area (Å²) >= 11 is 0. The van der Waals surface area contributed by atoms with Crippen molar-refractivity contribution in [3.63, 3.8) is 0 Å². The highest BCUT2D eigenvalue weighted by atomic mass is 16.4. The zero-order chi connectivity index (χ0) is 14.5. The number of carboxylic acids is 1. The maximum absolute atomic E-state index is 11.8. The molecule has 0 fully saturated rings. The van der Waals surface area contributed by atoms with E-state index in [1.807, 2.05) is 42.5 Å². The second-order valence-corrected chi connectivity index (χ2v) is 4.72. The van der Waals surface area contributed by atoms with Gasteiger partial charge in [-0.3, -0.25) is 4.79 Å². The van der Waals surface area contributed by atoms with Gasteiger partial charge in [0, 0.05) is 0 Å². The van der Waals surface area contributed by atoms with Crippen LogP contribution in [0.5, 0.6) is 0 Å². The number of benzene rings is 2. The van der Waals surface area contributed by atoms with Crippen molar-refractivity contribution in [1.82, 2.24) is 5.32 Å². The summed E-state index contributed by atoms with van der Waals surface area (Å²) in [5.74, 6) is -1.27. The molecular formula is C16H17NO3. The van der Waals surface area contributed by atoms with Crippen molar-refractivity contribution >= 4 is 22.6 Å². The Labute approximate surface area is 117 Å². The Morgan fingerprint density at radius 3 is 2.50 bits per heavy atom. The molecule has 0 aliphatic carbocycles. The van der Waals surface area contributed by atoms with E-state index >= 15 is 0 Å². The molecule has 0 radical (unpaired) electrons. The fourth-order valence-electron chi connectivity index (χ4n) is 2.12. The molecule has 1 amide bonds. The Bertz CT molecular complexity index is 636. The number of amides is 1. The van der Waals surface area contributed by atoms with Gasteiger partial charge in [-0.25, -0.2) is 4.79 Å². The minimum atomic E-state index is -1.00. The normalized spacial score (nSPS) is 12.1. The van der Waals surface area contributed by atoms with Crippen molar-refractivity contribution in [2.45, 2.75) is 25.8 Å². The molecule has 0 spiro atoms. The maximum atomic E-state index is 11.8. The van der Waals surface area contributed by atoms with Gasteiger partial charge < -0.3 is 10.4 Å². The summed E-state index contributed by atoms with van der Waals surface area (Å²) in [6.45, 7) is 1.73. The molecule has 0 unspecified atom stereocenters. The predicted molar refractivity (Wildman–Crippen MR) is 77.5 cm³/mol. The summed E-state index contributed by atoms with van der Waals surface area (Å²) < 4.78 is 0. The molecule has 2 aromatic rings. The summed E-state index contributed by atoms with van der Waals surface area (Å²) in [7, 11) is 0. The number of fused-ring (bicyclic) bond motifs is 1. The first-order chi connectivity index (χ1) is 9.60. The third-order valence-electron chi connectivity index (χ3n) is 3.22. The van der Waals surface area contributed by atoms with Gasteiger partial charge in [-0.2, -0.15) is 0 Å². The van der Waals surface area contributed by atoms with E-state index in [4.69, 9.17) is 5.11 Å². The summed E-state index contributed by atoms with van der Waals surface area (Å²) in [6.07, 6.45) is 0.563. The average molecular weight is 271 g/mol. The molecule has 0 bridgehead atoms. The molecule has 0 saturated carbocycles. The standard InChI is InChI=1S/C16H17NO3/c1-2-14(16(19)20)17-15(18)10-11-7-8-12-5-3-4-6-13(12)9-11/h3-9,14H,2,10H2,1H3,(H,17,18)(H,19,20)/t14-/m0/s1. The minimum absolute atomic E-state index is 0.189. The lowest BCUT2D eigenvalue weighted by atomic mass is 10.0. The number of rotatable bonds is 5. The third-order valence-corrected chi connectivity index (χ3v) is 3.22. The molecule has 0 aliphatic rings. The second kappa shape index (κ2) is 6.19. The van der Waals surface area contributed by atoms with Gasteiger partial charge in [0.25, 0.3) is 0 Å². The highest BCUT2D eigenvalue weighted by molar-refractivity contribution is 5.87. The lowest BCUT2D eigenvalue weighted by molar-refractivity contribution is -0.141. The smallest absolute Gasteiger partial charge is 0.326 e. The van der Waals surface area contributed by atoms with Crippen molar-refractivity contribution in [2.75, 3.05) is 0 Å². The van der Waals surface area contributed by atoms with Crippen LogP contribution in [0.2, 0.25) is 0 Å². The number of carbonyl (C=O) groups is 2. The Morgan fingerprint density at radius 1 is 1.15 bits per heavy atom. The molecule has 2 N–H and O–H groups in total. The van der Waals surface area contributed by atoms with E-state index in [-0.39, 0.29) is 12.3 Å². The quantitative estimate of drug-likeness (QED) is 0.877. The van der Waals surface area contributed by atoms with Gasteiger partial charge in [0.2, 0.25) is 5.91 Å². The zero-order valence-electron chi connectivity index (χ0n) is 11.3. The third kappa shape index (κ3) is 3.35. The molecule has 4 heteroatoms. The number of aliphatic carboxylic acids is 1. The molecule has 0 saturated heterocycles. The molecule has 2 rings (SSSR count). The molecule has 2 aromatic carbocycles. The van der Waals surface area contributed by atoms with Crippen LogP contribution in [0.15, 0.2) is 42.5 Å². The number of hydrogen-bond acceptors (Lipinski definition) is 2. The predicted octanol–water partition coefficient (Wildman–Crippen LogP) is 2.36. The summed E-state index contributed by atoms with van der Waals surface area (Å²) in [4.78, 5) is 22.7. The second-order valence-electron chi connectivity index (χ2n) is 4.72. The molecule has 0 aromatic heterocycles. The highest BCUT2D eigenvalue weighted by Gasteiger charge is 2.17. The maximum Gasteiger partial charge on any atom is 0.326 e. The highest BCUT2D eigenvalue weighted by Crippen LogP contribution is 2.15. The molecule has 4 nitrogen and oxygen atoms in total. The lowest BCUT2D eigenvalue weighted by Crippen LogP contribution is -2.40. The van der Waals surface area contributed by atoms with Gasteiger partial charge >= 0.3 is 5.97 Å². The summed E-state index contributed by atoms with van der Waals surface area (Å²) in [5, 5.41) is 13.6. The van der Waals surface area contributed by atoms with Crippen molar-refractivity contribution in [2.24, 2.45) is 0 Å². The van der Waals surface area contributed by atoms with Crippen LogP contribution < -0.4 is 5.32 Å². The first kappa shape index (κ1) is 14.1. The van der Waals surface area contributed by atoms with Crippen molar-refractivity contribution in [3.8, 4) is 0 Å². The molecule has 1 atom stereocenters. The van der Waals surface area contributed by atoms with Crippen LogP contribution in [0.25, 0.3) is 10.8 Å². The largest absolute Gasteiger partial charge is 0.480 e. The number of nitrogens with one attached hydrogen (secondary N) is 1. The van der Waals surface area contributed by atoms with E-state index in [0.717, 1.165) is 16.3 Å². The molecule has 0 aliphatic heterocycles. The van der Waals surface area contributed by atoms with Crippen molar-refractivity contribution < 1.29 is 14.7 Å². The van der Waals surface area contributed by atoms with Crippen LogP contribution in [0.4, 0.5) is 0 Å². The van der Waals surface area contributed by atoms with E-state index in [0.29, 0.717) is 6.42 Å². The Hall–Kier alpha value is -2.36. The van der Waals surface area contributed by atoms with E-state index in [9.17, 15) is 9.59 Å². The fourth-order valence-corrected chi connectivity index (χ4v) is 2.12. The van der Waals surface area contributed by atoms with Gasteiger partial charge in [-0.1, -0.05) is 49.4 Å². The zero-order valence-corrected chi connectivity index (χ0v) is 11.3. The van der Waals surface area contributed by atoms with Gasteiger partial charge in [0.05, 0.1) is 6.42 Å². The van der Waals surface area contributed by atoms with Gasteiger partial charge in [-0.05, 0) is 22.8 Å². The monoisotopic (exact) mass is 271 g/mol. The number of carboxylic acid groups (broad SMARTS) is 1. The molecule has 0 heterocycles. The average Bonchev–Trinajstić information content (AvgIpc) is 2.44. The first-order valence-corrected chi connectivity index (χ1v) is 6.60. The topological polar surface area (TPSA) is 66.4 Å². The Morgan fingerprint density at radius 2 is 1.85 bits per heavy atom. The fraction of sp³-hybridized carbons (Fsp3) is 0.250. The Kier molecular flexibility index (Phi) is 4.35. The minimum Gasteiger partial charge on any atom is -0.480 e. The first-order valence-electron chi connectivity index (χ1n) is 6.60. The molecular weight excluding hydrogens is 254 g/mol. The lowest BCUT2D eigenvalue weighted by Gasteiger charge is -2.12. The van der Waals surface area contributed by atoms with Gasteiger partial charge in [0.1, 0.15) is 6.04 Å². The number of hydrogen-bond donors (Lipinski definition) is 2. The molecule has 104 valence electrons. The van der Waals surface area contributed by atoms with E-state index < -0.39 is 12.0 Å². The van der Waals surface area contributed by atoms with Crippen molar-refractivity contribution in [3.05, 3.63) is 48.0 Å². The van der Waals surface area contributed by atoms with Crippen LogP contribution in [0.3, 0.4) is 0 Å². The van der Waals surface area contributed by atoms with Crippen LogP contribution in [0.1, 0.15) is 18.9 Å². The van der Waals surface area contributed by atoms with Crippen LogP contribution in [-0.4, -0.2) is 23.0 Å². The number of carbonyl (C=O) groups excluding carboxylic acids is 1. The van der Waals surface area contributed by atoms with Gasteiger partial charge in [0.15, 0.2) is 0 Å². The Balaban J connectivity index is 2.07. The van der Waals surface area contributed by atoms with Crippen molar-refractivity contribution in [1.29, 1.82) is 0 Å². The SMILES string of the molecule is CC[C@H](NC(=O)Cc1ccc2ccccc2c1)C(=O)O. The van der Waals surface area contributed by atoms with E-state index in [1.54, 1.807) is 6.92 Å². The summed E-state index contributed by atoms with van der Waals surface area (Å²) in [5.41, 5.74) is 0.876.